The van der Waals surface area contributed by atoms with Gasteiger partial charge >= 0.3 is 17.9 Å². The van der Waals surface area contributed by atoms with Gasteiger partial charge in [0.2, 0.25) is 23.5 Å². The standard InChI is InChI=1S/C30H36ClN5O4.C28H41N5O4.C27H39N5O4.C24H25FN8O2/c1-18(2)23-15-24(19-9-11-22(31)12-10-19)33-36-16-25(32-26(23)36)28(38)35-14-13-34(17-30(35,3)4)27(37)20-5-7-21(8-6-20)29(39)40;1-17(2)21-14-22(18(3)4)30-33-15-23(29-24(21)33)26(35)32-13-12-31(16-28(32,5)6)25(34)19-8-10-20(11-9-19)27(36)37-7;1-16(2)20-13-21(17(3)4)29-32-14-22(28-23(20)32)25(34)31-12-11-30(15-27(31,5)6)24(33)18-7-9-19(10-8-18)26(35)36;1-14(2)18-12-19(16-4-6-17(25)7-5-16)30-33-13-20(27-22(18)33)23(34)31-8-10-32(11-9-31)24(35)21-26-15(3)28-29-21/h9-12,15-16,18,20-21H,5-8,13-14,17H2,1-4H3,(H,39,40);14-15,17-20H,8-13,16H2,1-7H3;13-14,16-19H,7-12,15H2,1-6H3,(H,35,36);4-7,12-14H,8-11H2,1-3H3,(H,26,28,29). The first-order valence-corrected chi connectivity index (χ1v) is 52.4. The molecule has 3 aliphatic carbocycles. The van der Waals surface area contributed by atoms with E-state index in [4.69, 9.17) is 46.6 Å². The van der Waals surface area contributed by atoms with Crippen molar-refractivity contribution >= 4 is 99.4 Å². The number of nitrogens with zero attached hydrogens (tertiary/aromatic N) is 22. The van der Waals surface area contributed by atoms with Crippen molar-refractivity contribution < 1.29 is 72.1 Å². The van der Waals surface area contributed by atoms with Gasteiger partial charge in [-0.05, 0) is 222 Å². The number of carboxylic acid groups (broad SMARTS) is 2. The number of halogens is 2. The number of ether oxygens (including phenoxy) is 1. The summed E-state index contributed by atoms with van der Waals surface area (Å²) >= 11 is 6.07. The lowest BCUT2D eigenvalue weighted by atomic mass is 9.81. The number of piperazine rings is 4. The van der Waals surface area contributed by atoms with E-state index in [0.29, 0.717) is 218 Å². The predicted molar refractivity (Wildman–Crippen MR) is 554 cm³/mol. The summed E-state index contributed by atoms with van der Waals surface area (Å²) in [7, 11) is 1.41. The number of hydrogen-bond acceptors (Lipinski definition) is 22. The molecule has 37 nitrogen and oxygen atoms in total. The molecule has 148 heavy (non-hydrogen) atoms. The number of fused-ring (bicyclic) bond motifs is 4. The Kier molecular flexibility index (Phi) is 32.9. The van der Waals surface area contributed by atoms with Crippen LogP contribution in [0.5, 0.6) is 0 Å². The Morgan fingerprint density at radius 1 is 0.372 bits per heavy atom. The number of carboxylic acids is 2. The van der Waals surface area contributed by atoms with E-state index in [1.165, 1.54) is 19.2 Å². The van der Waals surface area contributed by atoms with E-state index in [2.05, 4.69) is 107 Å². The summed E-state index contributed by atoms with van der Waals surface area (Å²) in [6, 6.07) is 21.8. The normalized spacial score (nSPS) is 20.1. The minimum absolute atomic E-state index is 0.0669. The van der Waals surface area contributed by atoms with Gasteiger partial charge < -0.3 is 54.1 Å². The van der Waals surface area contributed by atoms with Crippen LogP contribution in [0.25, 0.3) is 45.1 Å². The SMILES string of the molecule is CC(C)c1cc(-c2ccc(Cl)cc2)nn2cc(C(=O)N3CCN(C(=O)C4CCC(C(=O)O)CC4)CC3(C)C)nc12.CC(C)c1cc(C(C)C)c2nc(C(=O)N3CCN(C(=O)C4CCC(C(=O)O)CC4)CC3(C)C)cn2n1.COC(=O)C1CCC(C(=O)N2CCN(C(=O)c3cn4nc(C(C)C)cc(C(C)C)c4n3)C(C)(C)C2)CC1.Cc1nc(C(=O)N2CCN(C(=O)c3cn4nc(-c5ccc(F)cc5)cc(C(C)C)c4n3)CC2)n[nH]1. The maximum Gasteiger partial charge on any atom is 0.308 e. The topological polar surface area (TPSA) is 426 Å². The highest BCUT2D eigenvalue weighted by atomic mass is 35.5. The van der Waals surface area contributed by atoms with Crippen LogP contribution < -0.4 is 0 Å². The number of benzene rings is 2. The molecular weight excluding hydrogens is 1910 g/mol. The molecule has 2 aromatic carbocycles. The van der Waals surface area contributed by atoms with Gasteiger partial charge in [0.25, 0.3) is 29.5 Å². The van der Waals surface area contributed by atoms with Gasteiger partial charge in [0.05, 0.1) is 89.0 Å². The number of H-pyrrole nitrogens is 1. The molecule has 0 atom stereocenters. The van der Waals surface area contributed by atoms with Crippen LogP contribution in [-0.2, 0) is 33.5 Å². The van der Waals surface area contributed by atoms with Crippen LogP contribution in [0.1, 0.15) is 329 Å². The van der Waals surface area contributed by atoms with Crippen LogP contribution in [0, 0.1) is 48.2 Å². The fourth-order valence-electron chi connectivity index (χ4n) is 21.4. The van der Waals surface area contributed by atoms with Crippen molar-refractivity contribution in [3.8, 4) is 22.5 Å². The number of hydrogen-bond donors (Lipinski definition) is 3. The van der Waals surface area contributed by atoms with E-state index in [-0.39, 0.29) is 136 Å². The number of aromatic amines is 1. The summed E-state index contributed by atoms with van der Waals surface area (Å²) in [6.45, 7) is 44.3. The molecule has 4 aliphatic heterocycles. The minimum Gasteiger partial charge on any atom is -0.481 e. The maximum absolute atomic E-state index is 13.8. The Bertz CT molecular complexity index is 6780. The number of aromatic nitrogens is 15. The lowest BCUT2D eigenvalue weighted by molar-refractivity contribution is -0.149. The molecular formula is C109H141ClFN23O14. The van der Waals surface area contributed by atoms with Gasteiger partial charge in [0, 0.05) is 141 Å². The van der Waals surface area contributed by atoms with E-state index in [9.17, 15) is 67.3 Å². The first-order valence-electron chi connectivity index (χ1n) is 52.0. The zero-order valence-electron chi connectivity index (χ0n) is 88.7. The quantitative estimate of drug-likeness (QED) is 0.0633. The molecule has 790 valence electrons. The monoisotopic (exact) mass is 2050 g/mol. The highest BCUT2D eigenvalue weighted by Gasteiger charge is 2.47. The fraction of sp³-hybridized carbons (Fsp3) is 0.550. The molecule has 7 fully saturated rings. The van der Waals surface area contributed by atoms with Gasteiger partial charge in [-0.3, -0.25) is 57.8 Å². The number of rotatable bonds is 19. The van der Waals surface area contributed by atoms with Crippen molar-refractivity contribution in [1.29, 1.82) is 0 Å². The van der Waals surface area contributed by atoms with Crippen LogP contribution in [0.2, 0.25) is 5.02 Å². The molecule has 8 amide bonds. The van der Waals surface area contributed by atoms with E-state index in [1.807, 2.05) is 116 Å². The average molecular weight is 2050 g/mol. The fourth-order valence-corrected chi connectivity index (χ4v) is 21.5. The van der Waals surface area contributed by atoms with Gasteiger partial charge in [0.1, 0.15) is 34.4 Å². The van der Waals surface area contributed by atoms with Crippen molar-refractivity contribution in [1.82, 2.24) is 113 Å². The minimum atomic E-state index is -0.775. The number of amides is 8. The summed E-state index contributed by atoms with van der Waals surface area (Å²) in [5.74, 6) is -1.82. The third-order valence-electron chi connectivity index (χ3n) is 30.2. The third-order valence-corrected chi connectivity index (χ3v) is 30.4. The van der Waals surface area contributed by atoms with Crippen LogP contribution in [0.4, 0.5) is 4.39 Å². The van der Waals surface area contributed by atoms with Gasteiger partial charge in [-0.1, -0.05) is 107 Å². The Balaban J connectivity index is 0.000000148. The van der Waals surface area contributed by atoms with Gasteiger partial charge in [-0.15, -0.1) is 5.10 Å². The van der Waals surface area contributed by atoms with E-state index in [0.717, 1.165) is 56.1 Å². The second kappa shape index (κ2) is 44.9. The molecule has 13 heterocycles. The number of imidazole rings is 4. The van der Waals surface area contributed by atoms with Crippen molar-refractivity contribution in [2.24, 2.45) is 35.5 Å². The van der Waals surface area contributed by atoms with E-state index in [1.54, 1.807) is 76.6 Å². The first-order chi connectivity index (χ1) is 70.0. The second-order valence-electron chi connectivity index (χ2n) is 44.3. The zero-order valence-corrected chi connectivity index (χ0v) is 89.5. The van der Waals surface area contributed by atoms with Crippen molar-refractivity contribution in [3.63, 3.8) is 0 Å². The first kappa shape index (κ1) is 109. The highest BCUT2D eigenvalue weighted by Crippen LogP contribution is 2.40. The number of nitrogens with one attached hydrogen (secondary N) is 1. The molecule has 0 radical (unpaired) electrons. The number of carbonyl (C=O) groups excluding carboxylic acids is 9. The number of aliphatic carboxylic acids is 2. The average Bonchev–Trinajstić information content (AvgIpc) is 1.63. The molecule has 39 heteroatoms. The summed E-state index contributed by atoms with van der Waals surface area (Å²) in [5, 5.41) is 44.6. The maximum atomic E-state index is 13.8. The number of aryl methyl sites for hydroxylation is 1. The number of esters is 1. The number of carbonyl (C=O) groups is 11. The van der Waals surface area contributed by atoms with E-state index >= 15 is 0 Å². The van der Waals surface area contributed by atoms with Crippen LogP contribution in [0.15, 0.2) is 97.6 Å². The molecule has 18 rings (SSSR count). The van der Waals surface area contributed by atoms with Crippen molar-refractivity contribution in [2.45, 2.75) is 261 Å². The molecule has 9 aromatic heterocycles. The Morgan fingerprint density at radius 2 is 0.662 bits per heavy atom. The Morgan fingerprint density at radius 3 is 0.959 bits per heavy atom. The molecule has 0 spiro atoms. The molecule has 7 aliphatic rings. The third kappa shape index (κ3) is 23.9. The second-order valence-corrected chi connectivity index (χ2v) is 44.7. The van der Waals surface area contributed by atoms with Crippen LogP contribution in [0.3, 0.4) is 0 Å². The van der Waals surface area contributed by atoms with Crippen molar-refractivity contribution in [3.05, 3.63) is 176 Å². The zero-order chi connectivity index (χ0) is 107. The molecule has 3 N–H and O–H groups in total. The Hall–Kier alpha value is -13.6. The van der Waals surface area contributed by atoms with Gasteiger partial charge in [0.15, 0.2) is 22.6 Å². The largest absolute Gasteiger partial charge is 0.481 e. The molecule has 0 unspecified atom stereocenters. The summed E-state index contributed by atoms with van der Waals surface area (Å²) in [4.78, 5) is 178. The summed E-state index contributed by atoms with van der Waals surface area (Å²) < 4.78 is 25.0. The lowest BCUT2D eigenvalue weighted by Crippen LogP contribution is -2.62. The molecule has 3 saturated carbocycles. The van der Waals surface area contributed by atoms with Crippen molar-refractivity contribution in [2.75, 3.05) is 92.2 Å². The predicted octanol–water partition coefficient (Wildman–Crippen LogP) is 15.8. The highest BCUT2D eigenvalue weighted by molar-refractivity contribution is 6.30. The van der Waals surface area contributed by atoms with Crippen LogP contribution >= 0.6 is 11.6 Å². The molecule has 4 saturated heterocycles. The van der Waals surface area contributed by atoms with E-state index < -0.39 is 28.6 Å². The van der Waals surface area contributed by atoms with Crippen LogP contribution in [-0.4, -0.2) is 297 Å². The lowest BCUT2D eigenvalue weighted by Gasteiger charge is -2.47. The Labute approximate surface area is 866 Å². The van der Waals surface area contributed by atoms with Gasteiger partial charge in [-0.25, -0.2) is 47.4 Å². The molecule has 0 bridgehead atoms. The summed E-state index contributed by atoms with van der Waals surface area (Å²) in [6.07, 6.45) is 14.1. The van der Waals surface area contributed by atoms with Gasteiger partial charge in [-0.2, -0.15) is 20.4 Å². The molecule has 11 aromatic rings. The summed E-state index contributed by atoms with van der Waals surface area (Å²) in [5.41, 5.74) is 11.5. The smallest absolute Gasteiger partial charge is 0.308 e. The number of methoxy groups -OCH3 is 1.